The zero-order valence-corrected chi connectivity index (χ0v) is 9.41. The average Bonchev–Trinajstić information content (AvgIpc) is 2.27. The van der Waals surface area contributed by atoms with E-state index in [0.717, 1.165) is 18.8 Å². The highest BCUT2D eigenvalue weighted by molar-refractivity contribution is 4.95. The molecule has 82 valence electrons. The van der Waals surface area contributed by atoms with Crippen LogP contribution in [0.3, 0.4) is 0 Å². The number of rotatable bonds is 4. The number of nitriles is 1. The van der Waals surface area contributed by atoms with Gasteiger partial charge in [0, 0.05) is 0 Å². The Labute approximate surface area is 92.6 Å². The van der Waals surface area contributed by atoms with Gasteiger partial charge in [-0.1, -0.05) is 25.7 Å². The highest BCUT2D eigenvalue weighted by Crippen LogP contribution is 2.33. The first-order chi connectivity index (χ1) is 7.31. The van der Waals surface area contributed by atoms with Gasteiger partial charge in [-0.2, -0.15) is 5.26 Å². The van der Waals surface area contributed by atoms with Crippen molar-refractivity contribution in [1.29, 1.82) is 5.26 Å². The molecule has 1 aliphatic rings. The molecule has 0 amide bonds. The molecule has 2 nitrogen and oxygen atoms in total. The van der Waals surface area contributed by atoms with Gasteiger partial charge in [0.2, 0.25) is 0 Å². The van der Waals surface area contributed by atoms with Crippen LogP contribution in [0.5, 0.6) is 0 Å². The summed E-state index contributed by atoms with van der Waals surface area (Å²) in [5.74, 6) is 3.25. The fraction of sp³-hybridized carbons (Fsp3) is 0.769. The van der Waals surface area contributed by atoms with Gasteiger partial charge < -0.3 is 4.74 Å². The van der Waals surface area contributed by atoms with Crippen LogP contribution in [0.15, 0.2) is 0 Å². The molecule has 1 aliphatic carbocycles. The first kappa shape index (κ1) is 12.1. The van der Waals surface area contributed by atoms with Crippen LogP contribution < -0.4 is 0 Å². The zero-order chi connectivity index (χ0) is 11.1. The van der Waals surface area contributed by atoms with Gasteiger partial charge >= 0.3 is 0 Å². The summed E-state index contributed by atoms with van der Waals surface area (Å²) in [5, 5.41) is 9.00. The summed E-state index contributed by atoms with van der Waals surface area (Å²) in [6.07, 6.45) is 10.8. The van der Waals surface area contributed by atoms with Gasteiger partial charge in [0.05, 0.1) is 18.1 Å². The Kier molecular flexibility index (Phi) is 5.22. The number of terminal acetylenes is 1. The predicted molar refractivity (Wildman–Crippen MR) is 59.9 cm³/mol. The first-order valence-corrected chi connectivity index (χ1v) is 5.76. The molecule has 1 saturated carbocycles. The smallest absolute Gasteiger partial charge is 0.107 e. The maximum absolute atomic E-state index is 9.00. The van der Waals surface area contributed by atoms with Crippen LogP contribution in [0.2, 0.25) is 0 Å². The third-order valence-corrected chi connectivity index (χ3v) is 3.14. The van der Waals surface area contributed by atoms with E-state index in [4.69, 9.17) is 16.4 Å². The summed E-state index contributed by atoms with van der Waals surface area (Å²) >= 11 is 0. The Balaban J connectivity index is 2.47. The van der Waals surface area contributed by atoms with Crippen molar-refractivity contribution < 1.29 is 4.74 Å². The molecule has 1 rings (SSSR count). The molecule has 3 unspecified atom stereocenters. The Morgan fingerprint density at radius 2 is 2.27 bits per heavy atom. The van der Waals surface area contributed by atoms with Crippen LogP contribution >= 0.6 is 0 Å². The minimum atomic E-state index is 0.0476. The predicted octanol–water partition coefficient (Wildman–Crippen LogP) is 2.74. The number of nitrogens with zero attached hydrogens (tertiary/aromatic N) is 1. The van der Waals surface area contributed by atoms with E-state index in [1.54, 1.807) is 0 Å². The fourth-order valence-electron chi connectivity index (χ4n) is 2.37. The van der Waals surface area contributed by atoms with E-state index in [0.29, 0.717) is 6.61 Å². The standard InChI is InChI=1S/C13H19NO/c1-3-5-11-6-7-12(10-14)13(9-11)15-8-4-2/h2,11-13H,3,5-9H2,1H3. The van der Waals surface area contributed by atoms with E-state index < -0.39 is 0 Å². The summed E-state index contributed by atoms with van der Waals surface area (Å²) in [6, 6.07) is 2.33. The van der Waals surface area contributed by atoms with Gasteiger partial charge in [0.25, 0.3) is 0 Å². The lowest BCUT2D eigenvalue weighted by atomic mass is 9.78. The molecule has 0 saturated heterocycles. The maximum atomic E-state index is 9.00. The maximum Gasteiger partial charge on any atom is 0.107 e. The van der Waals surface area contributed by atoms with Gasteiger partial charge in [0.15, 0.2) is 0 Å². The minimum absolute atomic E-state index is 0.0476. The molecule has 0 spiro atoms. The minimum Gasteiger partial charge on any atom is -0.364 e. The van der Waals surface area contributed by atoms with E-state index in [9.17, 15) is 0 Å². The lowest BCUT2D eigenvalue weighted by molar-refractivity contribution is 0.00593. The van der Waals surface area contributed by atoms with Crippen molar-refractivity contribution >= 4 is 0 Å². The van der Waals surface area contributed by atoms with Crippen LogP contribution in [-0.4, -0.2) is 12.7 Å². The molecule has 0 aromatic heterocycles. The van der Waals surface area contributed by atoms with Crippen LogP contribution in [-0.2, 0) is 4.74 Å². The van der Waals surface area contributed by atoms with E-state index in [1.165, 1.54) is 19.3 Å². The van der Waals surface area contributed by atoms with Gasteiger partial charge in [-0.15, -0.1) is 6.42 Å². The van der Waals surface area contributed by atoms with Crippen LogP contribution in [0.4, 0.5) is 0 Å². The quantitative estimate of drug-likeness (QED) is 0.661. The van der Waals surface area contributed by atoms with Crippen molar-refractivity contribution in [2.75, 3.05) is 6.61 Å². The van der Waals surface area contributed by atoms with Gasteiger partial charge in [0.1, 0.15) is 6.61 Å². The van der Waals surface area contributed by atoms with Gasteiger partial charge in [-0.3, -0.25) is 0 Å². The summed E-state index contributed by atoms with van der Waals surface area (Å²) in [7, 11) is 0. The Bertz CT molecular complexity index is 261. The lowest BCUT2D eigenvalue weighted by Crippen LogP contribution is -2.31. The zero-order valence-electron chi connectivity index (χ0n) is 9.41. The highest BCUT2D eigenvalue weighted by Gasteiger charge is 2.30. The second kappa shape index (κ2) is 6.49. The summed E-state index contributed by atoms with van der Waals surface area (Å²) in [6.45, 7) is 2.54. The van der Waals surface area contributed by atoms with E-state index >= 15 is 0 Å². The molecule has 0 aromatic carbocycles. The number of ether oxygens (including phenoxy) is 1. The SMILES string of the molecule is C#CCOC1CC(CCC)CCC1C#N. The van der Waals surface area contributed by atoms with Gasteiger partial charge in [-0.05, 0) is 25.2 Å². The van der Waals surface area contributed by atoms with E-state index in [-0.39, 0.29) is 12.0 Å². The van der Waals surface area contributed by atoms with Crippen molar-refractivity contribution in [2.45, 2.75) is 45.1 Å². The Hall–Kier alpha value is -0.990. The van der Waals surface area contributed by atoms with Crippen molar-refractivity contribution in [3.8, 4) is 18.4 Å². The van der Waals surface area contributed by atoms with E-state index in [1.807, 2.05) is 0 Å². The fourth-order valence-corrected chi connectivity index (χ4v) is 2.37. The Morgan fingerprint density at radius 1 is 1.47 bits per heavy atom. The van der Waals surface area contributed by atoms with E-state index in [2.05, 4.69) is 18.9 Å². The molecule has 0 aliphatic heterocycles. The molecule has 0 radical (unpaired) electrons. The van der Waals surface area contributed by atoms with Crippen molar-refractivity contribution in [3.63, 3.8) is 0 Å². The van der Waals surface area contributed by atoms with Crippen molar-refractivity contribution in [2.24, 2.45) is 11.8 Å². The second-order valence-electron chi connectivity index (χ2n) is 4.26. The third-order valence-electron chi connectivity index (χ3n) is 3.14. The molecule has 0 N–H and O–H groups in total. The first-order valence-electron chi connectivity index (χ1n) is 5.76. The average molecular weight is 205 g/mol. The molecular formula is C13H19NO. The highest BCUT2D eigenvalue weighted by atomic mass is 16.5. The molecular weight excluding hydrogens is 186 g/mol. The van der Waals surface area contributed by atoms with Crippen LogP contribution in [0.1, 0.15) is 39.0 Å². The van der Waals surface area contributed by atoms with Gasteiger partial charge in [-0.25, -0.2) is 0 Å². The topological polar surface area (TPSA) is 33.0 Å². The molecule has 0 aromatic rings. The molecule has 3 atom stereocenters. The largest absolute Gasteiger partial charge is 0.364 e. The molecule has 0 heterocycles. The van der Waals surface area contributed by atoms with Crippen molar-refractivity contribution in [1.82, 2.24) is 0 Å². The monoisotopic (exact) mass is 205 g/mol. The Morgan fingerprint density at radius 3 is 2.87 bits per heavy atom. The summed E-state index contributed by atoms with van der Waals surface area (Å²) < 4.78 is 5.55. The molecule has 15 heavy (non-hydrogen) atoms. The van der Waals surface area contributed by atoms with Crippen molar-refractivity contribution in [3.05, 3.63) is 0 Å². The number of hydrogen-bond acceptors (Lipinski definition) is 2. The summed E-state index contributed by atoms with van der Waals surface area (Å²) in [4.78, 5) is 0. The molecule has 1 fully saturated rings. The third kappa shape index (κ3) is 3.57. The van der Waals surface area contributed by atoms with Crippen LogP contribution in [0.25, 0.3) is 0 Å². The second-order valence-corrected chi connectivity index (χ2v) is 4.26. The van der Waals surface area contributed by atoms with Crippen LogP contribution in [0, 0.1) is 35.5 Å². The summed E-state index contributed by atoms with van der Waals surface area (Å²) in [5.41, 5.74) is 0. The molecule has 2 heteroatoms. The lowest BCUT2D eigenvalue weighted by Gasteiger charge is -2.32. The molecule has 0 bridgehead atoms. The normalized spacial score (nSPS) is 30.5. The number of hydrogen-bond donors (Lipinski definition) is 0.